The summed E-state index contributed by atoms with van der Waals surface area (Å²) in [7, 11) is 0. The monoisotopic (exact) mass is 285 g/mol. The number of carboxylic acid groups (broad SMARTS) is 1. The SMILES string of the molecule is O=C(O)[C@@H]1[C@@H]2CCC[C@@H]2CN1Cc1cccc2c1CCC2. The van der Waals surface area contributed by atoms with Gasteiger partial charge in [0, 0.05) is 13.1 Å². The highest BCUT2D eigenvalue weighted by molar-refractivity contribution is 5.74. The molecule has 1 aliphatic heterocycles. The Balaban J connectivity index is 1.59. The number of likely N-dealkylation sites (tertiary alicyclic amines) is 1. The topological polar surface area (TPSA) is 40.5 Å². The van der Waals surface area contributed by atoms with Crippen molar-refractivity contribution in [1.29, 1.82) is 0 Å². The minimum absolute atomic E-state index is 0.255. The molecule has 0 radical (unpaired) electrons. The van der Waals surface area contributed by atoms with Gasteiger partial charge >= 0.3 is 5.97 Å². The molecule has 1 saturated heterocycles. The first kappa shape index (κ1) is 13.3. The van der Waals surface area contributed by atoms with Crippen molar-refractivity contribution in [2.75, 3.05) is 6.54 Å². The summed E-state index contributed by atoms with van der Waals surface area (Å²) in [6.07, 6.45) is 7.15. The van der Waals surface area contributed by atoms with Gasteiger partial charge in [-0.25, -0.2) is 0 Å². The summed E-state index contributed by atoms with van der Waals surface area (Å²) in [6, 6.07) is 6.33. The van der Waals surface area contributed by atoms with Crippen LogP contribution in [0.5, 0.6) is 0 Å². The lowest BCUT2D eigenvalue weighted by Crippen LogP contribution is -2.39. The van der Waals surface area contributed by atoms with E-state index in [2.05, 4.69) is 23.1 Å². The van der Waals surface area contributed by atoms with Crippen LogP contribution in [0.3, 0.4) is 0 Å². The van der Waals surface area contributed by atoms with Gasteiger partial charge in [0.05, 0.1) is 0 Å². The van der Waals surface area contributed by atoms with Crippen LogP contribution in [0, 0.1) is 11.8 Å². The molecule has 1 aromatic rings. The Kier molecular flexibility index (Phi) is 3.26. The van der Waals surface area contributed by atoms with Gasteiger partial charge in [0.25, 0.3) is 0 Å². The maximum absolute atomic E-state index is 11.7. The Labute approximate surface area is 126 Å². The fourth-order valence-electron chi connectivity index (χ4n) is 4.96. The van der Waals surface area contributed by atoms with Crippen molar-refractivity contribution in [2.45, 2.75) is 51.1 Å². The summed E-state index contributed by atoms with van der Waals surface area (Å²) >= 11 is 0. The van der Waals surface area contributed by atoms with Gasteiger partial charge in [-0.2, -0.15) is 0 Å². The average Bonchev–Trinajstić information content (AvgIpc) is 3.11. The molecule has 1 saturated carbocycles. The highest BCUT2D eigenvalue weighted by Gasteiger charge is 2.47. The highest BCUT2D eigenvalue weighted by Crippen LogP contribution is 2.43. The smallest absolute Gasteiger partial charge is 0.321 e. The number of hydrogen-bond donors (Lipinski definition) is 1. The number of aliphatic carboxylic acids is 1. The molecule has 112 valence electrons. The summed E-state index contributed by atoms with van der Waals surface area (Å²) in [5.74, 6) is 0.388. The fraction of sp³-hybridized carbons (Fsp3) is 0.611. The standard InChI is InChI=1S/C18H23NO2/c20-18(21)17-16-9-3-7-14(16)11-19(17)10-13-6-1-4-12-5-2-8-15(12)13/h1,4,6,14,16-17H,2-3,5,7-11H2,(H,20,21)/t14-,16-,17+/m1/s1. The van der Waals surface area contributed by atoms with Crippen LogP contribution in [-0.2, 0) is 24.2 Å². The van der Waals surface area contributed by atoms with Gasteiger partial charge in [-0.1, -0.05) is 24.6 Å². The third kappa shape index (κ3) is 2.18. The van der Waals surface area contributed by atoms with Crippen LogP contribution in [0.15, 0.2) is 18.2 Å². The van der Waals surface area contributed by atoms with Crippen LogP contribution in [0.1, 0.15) is 42.4 Å². The van der Waals surface area contributed by atoms with Crippen molar-refractivity contribution < 1.29 is 9.90 Å². The summed E-state index contributed by atoms with van der Waals surface area (Å²) in [6.45, 7) is 1.80. The summed E-state index contributed by atoms with van der Waals surface area (Å²) < 4.78 is 0. The third-order valence-corrected chi connectivity index (χ3v) is 5.86. The molecular weight excluding hydrogens is 262 g/mol. The maximum atomic E-state index is 11.7. The number of nitrogens with zero attached hydrogens (tertiary/aromatic N) is 1. The van der Waals surface area contributed by atoms with Gasteiger partial charge in [0.2, 0.25) is 0 Å². The van der Waals surface area contributed by atoms with Crippen molar-refractivity contribution in [3.8, 4) is 0 Å². The Morgan fingerprint density at radius 2 is 2.14 bits per heavy atom. The third-order valence-electron chi connectivity index (χ3n) is 5.86. The molecule has 0 aromatic heterocycles. The van der Waals surface area contributed by atoms with E-state index in [0.29, 0.717) is 11.8 Å². The number of carbonyl (C=O) groups is 1. The molecule has 3 aliphatic rings. The number of aryl methyl sites for hydroxylation is 1. The van der Waals surface area contributed by atoms with E-state index in [1.54, 1.807) is 0 Å². The minimum Gasteiger partial charge on any atom is -0.480 e. The van der Waals surface area contributed by atoms with Gasteiger partial charge in [-0.15, -0.1) is 0 Å². The van der Waals surface area contributed by atoms with E-state index in [1.165, 1.54) is 48.8 Å². The molecule has 3 atom stereocenters. The lowest BCUT2D eigenvalue weighted by atomic mass is 9.94. The van der Waals surface area contributed by atoms with Gasteiger partial charge in [-0.3, -0.25) is 9.69 Å². The largest absolute Gasteiger partial charge is 0.480 e. The first-order valence-electron chi connectivity index (χ1n) is 8.30. The Bertz CT molecular complexity index is 568. The number of benzene rings is 1. The van der Waals surface area contributed by atoms with Crippen LogP contribution >= 0.6 is 0 Å². The van der Waals surface area contributed by atoms with Crippen LogP contribution in [0.4, 0.5) is 0 Å². The molecule has 2 fully saturated rings. The van der Waals surface area contributed by atoms with Crippen molar-refractivity contribution in [3.05, 3.63) is 34.9 Å². The molecule has 1 aromatic carbocycles. The van der Waals surface area contributed by atoms with E-state index in [9.17, 15) is 9.90 Å². The fourth-order valence-corrected chi connectivity index (χ4v) is 4.96. The average molecular weight is 285 g/mol. The second-order valence-electron chi connectivity index (χ2n) is 6.98. The van der Waals surface area contributed by atoms with Gasteiger partial charge < -0.3 is 5.11 Å². The summed E-state index contributed by atoms with van der Waals surface area (Å²) in [5.41, 5.74) is 4.36. The molecule has 3 nitrogen and oxygen atoms in total. The zero-order chi connectivity index (χ0) is 14.4. The normalized spacial score (nSPS) is 31.3. The van der Waals surface area contributed by atoms with E-state index >= 15 is 0 Å². The maximum Gasteiger partial charge on any atom is 0.321 e. The van der Waals surface area contributed by atoms with Gasteiger partial charge in [-0.05, 0) is 60.6 Å². The lowest BCUT2D eigenvalue weighted by Gasteiger charge is -2.25. The molecular formula is C18H23NO2. The number of fused-ring (bicyclic) bond motifs is 2. The van der Waals surface area contributed by atoms with Crippen molar-refractivity contribution in [2.24, 2.45) is 11.8 Å². The molecule has 4 rings (SSSR count). The first-order valence-corrected chi connectivity index (χ1v) is 8.30. The quantitative estimate of drug-likeness (QED) is 0.928. The predicted molar refractivity (Wildman–Crippen MR) is 81.1 cm³/mol. The van der Waals surface area contributed by atoms with E-state index in [0.717, 1.165) is 19.5 Å². The van der Waals surface area contributed by atoms with Crippen LogP contribution in [0.25, 0.3) is 0 Å². The Morgan fingerprint density at radius 3 is 3.00 bits per heavy atom. The first-order chi connectivity index (χ1) is 10.2. The van der Waals surface area contributed by atoms with Crippen LogP contribution in [0.2, 0.25) is 0 Å². The van der Waals surface area contributed by atoms with Crippen LogP contribution in [-0.4, -0.2) is 28.6 Å². The van der Waals surface area contributed by atoms with Crippen LogP contribution < -0.4 is 0 Å². The second kappa shape index (κ2) is 5.13. The lowest BCUT2D eigenvalue weighted by molar-refractivity contribution is -0.143. The zero-order valence-electron chi connectivity index (χ0n) is 12.4. The van der Waals surface area contributed by atoms with Crippen molar-refractivity contribution in [1.82, 2.24) is 4.90 Å². The molecule has 0 unspecified atom stereocenters. The molecule has 0 amide bonds. The number of hydrogen-bond acceptors (Lipinski definition) is 2. The second-order valence-corrected chi connectivity index (χ2v) is 6.98. The zero-order valence-corrected chi connectivity index (χ0v) is 12.4. The Morgan fingerprint density at radius 1 is 1.24 bits per heavy atom. The molecule has 0 bridgehead atoms. The van der Waals surface area contributed by atoms with Gasteiger partial charge in [0.15, 0.2) is 0 Å². The van der Waals surface area contributed by atoms with E-state index in [-0.39, 0.29) is 6.04 Å². The predicted octanol–water partition coefficient (Wildman–Crippen LogP) is 2.86. The number of carboxylic acids is 1. The molecule has 0 spiro atoms. The number of rotatable bonds is 3. The van der Waals surface area contributed by atoms with E-state index in [1.807, 2.05) is 0 Å². The van der Waals surface area contributed by atoms with Crippen molar-refractivity contribution >= 4 is 5.97 Å². The van der Waals surface area contributed by atoms with E-state index < -0.39 is 5.97 Å². The molecule has 2 aliphatic carbocycles. The molecule has 3 heteroatoms. The molecule has 1 N–H and O–H groups in total. The molecule has 21 heavy (non-hydrogen) atoms. The summed E-state index contributed by atoms with van der Waals surface area (Å²) in [5, 5.41) is 9.66. The summed E-state index contributed by atoms with van der Waals surface area (Å²) in [4.78, 5) is 14.0. The van der Waals surface area contributed by atoms with E-state index in [4.69, 9.17) is 0 Å². The van der Waals surface area contributed by atoms with Crippen molar-refractivity contribution in [3.63, 3.8) is 0 Å². The highest BCUT2D eigenvalue weighted by atomic mass is 16.4. The minimum atomic E-state index is -0.614. The Hall–Kier alpha value is -1.35. The molecule has 1 heterocycles. The van der Waals surface area contributed by atoms with Gasteiger partial charge in [0.1, 0.15) is 6.04 Å².